The minimum Gasteiger partial charge on any atom is -0.490 e. The summed E-state index contributed by atoms with van der Waals surface area (Å²) in [4.78, 5) is 16.8. The molecule has 1 unspecified atom stereocenters. The standard InChI is InChI=1S/C22H30N4O4/c1-5-28-18-10-9-16(14-19(18)29-6-2)22(27)26-13-7-8-17(15-26)30-21-12-11-20(23-24-21)25(3)4/h9-12,14,17H,5-8,13,15H2,1-4H3. The zero-order valence-electron chi connectivity index (χ0n) is 18.1. The molecule has 0 bridgehead atoms. The number of nitrogens with zero attached hydrogens (tertiary/aromatic N) is 4. The fourth-order valence-corrected chi connectivity index (χ4v) is 3.37. The molecule has 8 heteroatoms. The van der Waals surface area contributed by atoms with Gasteiger partial charge in [0.15, 0.2) is 17.3 Å². The number of anilines is 1. The molecule has 0 saturated carbocycles. The Morgan fingerprint density at radius 2 is 1.87 bits per heavy atom. The van der Waals surface area contributed by atoms with E-state index in [-0.39, 0.29) is 12.0 Å². The van der Waals surface area contributed by atoms with Gasteiger partial charge in [0.2, 0.25) is 5.88 Å². The minimum atomic E-state index is -0.115. The molecule has 1 atom stereocenters. The van der Waals surface area contributed by atoms with Crippen molar-refractivity contribution in [3.05, 3.63) is 35.9 Å². The molecule has 1 fully saturated rings. The number of rotatable bonds is 8. The second-order valence-electron chi connectivity index (χ2n) is 7.28. The van der Waals surface area contributed by atoms with E-state index < -0.39 is 0 Å². The summed E-state index contributed by atoms with van der Waals surface area (Å²) in [7, 11) is 3.82. The van der Waals surface area contributed by atoms with Crippen molar-refractivity contribution in [2.24, 2.45) is 0 Å². The summed E-state index contributed by atoms with van der Waals surface area (Å²) < 4.78 is 17.2. The maximum atomic E-state index is 13.1. The van der Waals surface area contributed by atoms with E-state index in [4.69, 9.17) is 14.2 Å². The Morgan fingerprint density at radius 3 is 2.53 bits per heavy atom. The lowest BCUT2D eigenvalue weighted by molar-refractivity contribution is 0.0525. The van der Waals surface area contributed by atoms with Gasteiger partial charge in [0.25, 0.3) is 5.91 Å². The molecular formula is C22H30N4O4. The van der Waals surface area contributed by atoms with Gasteiger partial charge in [-0.1, -0.05) is 0 Å². The summed E-state index contributed by atoms with van der Waals surface area (Å²) in [6, 6.07) is 9.01. The summed E-state index contributed by atoms with van der Waals surface area (Å²) in [5.41, 5.74) is 0.581. The molecule has 1 aliphatic rings. The lowest BCUT2D eigenvalue weighted by atomic mass is 10.1. The predicted molar refractivity (Wildman–Crippen MR) is 115 cm³/mol. The summed E-state index contributed by atoms with van der Waals surface area (Å²) >= 11 is 0. The van der Waals surface area contributed by atoms with Gasteiger partial charge in [0.1, 0.15) is 6.10 Å². The molecule has 2 aromatic rings. The molecule has 0 N–H and O–H groups in total. The lowest BCUT2D eigenvalue weighted by Crippen LogP contribution is -2.44. The average Bonchev–Trinajstić information content (AvgIpc) is 2.75. The minimum absolute atomic E-state index is 0.0404. The number of ether oxygens (including phenoxy) is 3. The molecule has 3 rings (SSSR count). The highest BCUT2D eigenvalue weighted by atomic mass is 16.5. The first kappa shape index (κ1) is 21.7. The van der Waals surface area contributed by atoms with Crippen LogP contribution >= 0.6 is 0 Å². The van der Waals surface area contributed by atoms with Gasteiger partial charge in [-0.15, -0.1) is 10.2 Å². The Hall–Kier alpha value is -3.03. The van der Waals surface area contributed by atoms with E-state index in [0.29, 0.717) is 49.2 Å². The van der Waals surface area contributed by atoms with Crippen LogP contribution in [0.15, 0.2) is 30.3 Å². The van der Waals surface area contributed by atoms with Gasteiger partial charge in [-0.25, -0.2) is 0 Å². The van der Waals surface area contributed by atoms with Crippen LogP contribution in [-0.2, 0) is 0 Å². The first-order valence-electron chi connectivity index (χ1n) is 10.4. The zero-order chi connectivity index (χ0) is 21.5. The van der Waals surface area contributed by atoms with Crippen molar-refractivity contribution in [1.82, 2.24) is 15.1 Å². The van der Waals surface area contributed by atoms with Gasteiger partial charge >= 0.3 is 0 Å². The van der Waals surface area contributed by atoms with E-state index in [0.717, 1.165) is 18.7 Å². The molecule has 8 nitrogen and oxygen atoms in total. The van der Waals surface area contributed by atoms with Crippen LogP contribution in [0.1, 0.15) is 37.0 Å². The van der Waals surface area contributed by atoms with Crippen LogP contribution in [0.2, 0.25) is 0 Å². The first-order valence-corrected chi connectivity index (χ1v) is 10.4. The number of amides is 1. The van der Waals surface area contributed by atoms with Gasteiger partial charge in [-0.3, -0.25) is 4.79 Å². The SMILES string of the molecule is CCOc1ccc(C(=O)N2CCCC(Oc3ccc(N(C)C)nn3)C2)cc1OCC. The van der Waals surface area contributed by atoms with E-state index in [1.165, 1.54) is 0 Å². The second-order valence-corrected chi connectivity index (χ2v) is 7.28. The molecule has 0 aliphatic carbocycles. The molecule has 162 valence electrons. The van der Waals surface area contributed by atoms with Crippen molar-refractivity contribution in [2.75, 3.05) is 45.3 Å². The Kier molecular flexibility index (Phi) is 7.32. The molecule has 1 amide bonds. The third-order valence-electron chi connectivity index (χ3n) is 4.83. The van der Waals surface area contributed by atoms with Gasteiger partial charge in [-0.2, -0.15) is 0 Å². The number of hydrogen-bond donors (Lipinski definition) is 0. The molecule has 0 radical (unpaired) electrons. The Balaban J connectivity index is 1.67. The number of likely N-dealkylation sites (tertiary alicyclic amines) is 1. The molecule has 1 saturated heterocycles. The van der Waals surface area contributed by atoms with Crippen molar-refractivity contribution in [1.29, 1.82) is 0 Å². The van der Waals surface area contributed by atoms with Crippen molar-refractivity contribution < 1.29 is 19.0 Å². The van der Waals surface area contributed by atoms with E-state index >= 15 is 0 Å². The fourth-order valence-electron chi connectivity index (χ4n) is 3.37. The van der Waals surface area contributed by atoms with E-state index in [1.54, 1.807) is 18.2 Å². The van der Waals surface area contributed by atoms with Gasteiger partial charge in [0, 0.05) is 32.3 Å². The number of piperidine rings is 1. The van der Waals surface area contributed by atoms with E-state index in [1.807, 2.05) is 49.9 Å². The molecule has 1 aromatic heterocycles. The van der Waals surface area contributed by atoms with Crippen molar-refractivity contribution >= 4 is 11.7 Å². The van der Waals surface area contributed by atoms with Crippen LogP contribution in [0.3, 0.4) is 0 Å². The Labute approximate surface area is 177 Å². The Bertz CT molecular complexity index is 842. The number of carbonyl (C=O) groups is 1. The number of aromatic nitrogens is 2. The van der Waals surface area contributed by atoms with E-state index in [2.05, 4.69) is 10.2 Å². The summed E-state index contributed by atoms with van der Waals surface area (Å²) in [6.45, 7) is 6.07. The maximum absolute atomic E-state index is 13.1. The van der Waals surface area contributed by atoms with Crippen LogP contribution in [0.5, 0.6) is 17.4 Å². The molecular weight excluding hydrogens is 384 g/mol. The first-order chi connectivity index (χ1) is 14.5. The molecule has 2 heterocycles. The van der Waals surface area contributed by atoms with Crippen LogP contribution in [0, 0.1) is 0 Å². The highest BCUT2D eigenvalue weighted by molar-refractivity contribution is 5.95. The second kappa shape index (κ2) is 10.1. The topological polar surface area (TPSA) is 77.0 Å². The van der Waals surface area contributed by atoms with E-state index in [9.17, 15) is 4.79 Å². The maximum Gasteiger partial charge on any atom is 0.254 e. The van der Waals surface area contributed by atoms with Crippen molar-refractivity contribution in [3.63, 3.8) is 0 Å². The summed E-state index contributed by atoms with van der Waals surface area (Å²) in [5.74, 6) is 2.44. The Morgan fingerprint density at radius 1 is 1.10 bits per heavy atom. The number of benzene rings is 1. The summed E-state index contributed by atoms with van der Waals surface area (Å²) in [5, 5.41) is 8.27. The lowest BCUT2D eigenvalue weighted by Gasteiger charge is -2.32. The molecule has 1 aliphatic heterocycles. The van der Waals surface area contributed by atoms with Gasteiger partial charge in [-0.05, 0) is 51.0 Å². The normalized spacial score (nSPS) is 16.1. The van der Waals surface area contributed by atoms with Crippen LogP contribution < -0.4 is 19.1 Å². The van der Waals surface area contributed by atoms with Crippen molar-refractivity contribution in [3.8, 4) is 17.4 Å². The van der Waals surface area contributed by atoms with Crippen LogP contribution in [0.4, 0.5) is 5.82 Å². The number of hydrogen-bond acceptors (Lipinski definition) is 7. The summed E-state index contributed by atoms with van der Waals surface area (Å²) in [6.07, 6.45) is 1.62. The third-order valence-corrected chi connectivity index (χ3v) is 4.83. The highest BCUT2D eigenvalue weighted by Crippen LogP contribution is 2.29. The third kappa shape index (κ3) is 5.31. The monoisotopic (exact) mass is 414 g/mol. The smallest absolute Gasteiger partial charge is 0.254 e. The molecule has 1 aromatic carbocycles. The van der Waals surface area contributed by atoms with Crippen molar-refractivity contribution in [2.45, 2.75) is 32.8 Å². The van der Waals surface area contributed by atoms with Crippen LogP contribution in [-0.4, -0.2) is 67.5 Å². The fraction of sp³-hybridized carbons (Fsp3) is 0.500. The molecule has 30 heavy (non-hydrogen) atoms. The number of carbonyl (C=O) groups excluding carboxylic acids is 1. The van der Waals surface area contributed by atoms with Crippen LogP contribution in [0.25, 0.3) is 0 Å². The van der Waals surface area contributed by atoms with Gasteiger partial charge < -0.3 is 24.0 Å². The largest absolute Gasteiger partial charge is 0.490 e. The highest BCUT2D eigenvalue weighted by Gasteiger charge is 2.26. The quantitative estimate of drug-likeness (QED) is 0.657. The van der Waals surface area contributed by atoms with Gasteiger partial charge in [0.05, 0.1) is 19.8 Å². The molecule has 0 spiro atoms. The average molecular weight is 415 g/mol. The zero-order valence-corrected chi connectivity index (χ0v) is 18.1. The predicted octanol–water partition coefficient (Wildman–Crippen LogP) is 3.02.